The molecule has 1 aromatic carbocycles. The van der Waals surface area contributed by atoms with Gasteiger partial charge in [0, 0.05) is 18.6 Å². The highest BCUT2D eigenvalue weighted by molar-refractivity contribution is 6.33. The van der Waals surface area contributed by atoms with E-state index in [1.165, 1.54) is 12.4 Å². The van der Waals surface area contributed by atoms with Crippen LogP contribution in [0.5, 0.6) is 5.75 Å². The predicted octanol–water partition coefficient (Wildman–Crippen LogP) is 2.96. The Morgan fingerprint density at radius 1 is 1.41 bits per heavy atom. The molecule has 6 heteroatoms. The summed E-state index contributed by atoms with van der Waals surface area (Å²) in [7, 11) is 1.60. The normalized spacial score (nSPS) is 12.7. The lowest BCUT2D eigenvalue weighted by atomic mass is 10.1. The summed E-state index contributed by atoms with van der Waals surface area (Å²) in [5.41, 5.74) is 5.02. The van der Waals surface area contributed by atoms with Crippen LogP contribution in [0, 0.1) is 0 Å². The van der Waals surface area contributed by atoms with E-state index in [0.717, 1.165) is 17.7 Å². The number of halogens is 1. The third-order valence-corrected chi connectivity index (χ3v) is 3.70. The quantitative estimate of drug-likeness (QED) is 0.946. The zero-order valence-electron chi connectivity index (χ0n) is 11.9. The standard InChI is InChI=1S/C16H14ClN3O2/c1-22-14-6-2-4-11-5-3-9-20(15(11)14)19-16(21)12-10-18-8-7-13(12)17/h2-4,6-10H,5H2,1H3,(H,19,21). The highest BCUT2D eigenvalue weighted by Crippen LogP contribution is 2.34. The van der Waals surface area contributed by atoms with Crippen molar-refractivity contribution in [2.75, 3.05) is 12.1 Å². The van der Waals surface area contributed by atoms with Crippen molar-refractivity contribution in [2.45, 2.75) is 6.42 Å². The molecule has 22 heavy (non-hydrogen) atoms. The second kappa shape index (κ2) is 6.07. The molecule has 1 aliphatic rings. The van der Waals surface area contributed by atoms with Crippen LogP contribution in [0.3, 0.4) is 0 Å². The Morgan fingerprint density at radius 2 is 2.27 bits per heavy atom. The lowest BCUT2D eigenvalue weighted by Gasteiger charge is -2.28. The first-order valence-corrected chi connectivity index (χ1v) is 7.11. The van der Waals surface area contributed by atoms with Crippen LogP contribution < -0.4 is 15.2 Å². The van der Waals surface area contributed by atoms with Gasteiger partial charge in [0.2, 0.25) is 0 Å². The average Bonchev–Trinajstić information content (AvgIpc) is 2.54. The van der Waals surface area contributed by atoms with E-state index in [4.69, 9.17) is 16.3 Å². The lowest BCUT2D eigenvalue weighted by molar-refractivity contribution is 0.0952. The van der Waals surface area contributed by atoms with Gasteiger partial charge in [0.1, 0.15) is 11.4 Å². The molecule has 1 amide bonds. The zero-order valence-corrected chi connectivity index (χ0v) is 12.7. The molecular formula is C16H14ClN3O2. The van der Waals surface area contributed by atoms with Crippen molar-refractivity contribution in [3.8, 4) is 5.75 Å². The summed E-state index contributed by atoms with van der Waals surface area (Å²) in [6.45, 7) is 0. The second-order valence-corrected chi connectivity index (χ2v) is 5.13. The number of nitrogens with zero attached hydrogens (tertiary/aromatic N) is 2. The first-order valence-electron chi connectivity index (χ1n) is 6.73. The molecule has 1 N–H and O–H groups in total. The minimum Gasteiger partial charge on any atom is -0.494 e. The van der Waals surface area contributed by atoms with Gasteiger partial charge in [-0.1, -0.05) is 29.8 Å². The number of hydrogen-bond donors (Lipinski definition) is 1. The Morgan fingerprint density at radius 3 is 3.05 bits per heavy atom. The van der Waals surface area contributed by atoms with Crippen molar-refractivity contribution in [1.82, 2.24) is 10.4 Å². The molecule has 0 atom stereocenters. The molecule has 1 aliphatic heterocycles. The Labute approximate surface area is 133 Å². The van der Waals surface area contributed by atoms with Gasteiger partial charge in [0.05, 0.1) is 17.7 Å². The molecule has 5 nitrogen and oxygen atoms in total. The molecule has 1 aromatic heterocycles. The summed E-state index contributed by atoms with van der Waals surface area (Å²) in [4.78, 5) is 16.3. The van der Waals surface area contributed by atoms with E-state index in [1.54, 1.807) is 24.4 Å². The molecule has 2 heterocycles. The van der Waals surface area contributed by atoms with Crippen LogP contribution in [0.1, 0.15) is 15.9 Å². The number of allylic oxidation sites excluding steroid dienone is 1. The van der Waals surface area contributed by atoms with Gasteiger partial charge in [-0.2, -0.15) is 0 Å². The zero-order chi connectivity index (χ0) is 15.5. The predicted molar refractivity (Wildman–Crippen MR) is 85.0 cm³/mol. The fourth-order valence-corrected chi connectivity index (χ4v) is 2.53. The van der Waals surface area contributed by atoms with Crippen molar-refractivity contribution in [1.29, 1.82) is 0 Å². The van der Waals surface area contributed by atoms with Gasteiger partial charge in [-0.15, -0.1) is 0 Å². The van der Waals surface area contributed by atoms with E-state index in [-0.39, 0.29) is 5.91 Å². The third-order valence-electron chi connectivity index (χ3n) is 3.37. The van der Waals surface area contributed by atoms with Gasteiger partial charge in [-0.25, -0.2) is 0 Å². The maximum atomic E-state index is 12.4. The number of para-hydroxylation sites is 1. The summed E-state index contributed by atoms with van der Waals surface area (Å²) in [6.07, 6.45) is 7.53. The number of amides is 1. The number of hydrogen-bond acceptors (Lipinski definition) is 4. The van der Waals surface area contributed by atoms with Gasteiger partial charge in [-0.3, -0.25) is 20.2 Å². The van der Waals surface area contributed by atoms with Crippen molar-refractivity contribution in [2.24, 2.45) is 0 Å². The lowest BCUT2D eigenvalue weighted by Crippen LogP contribution is -2.40. The van der Waals surface area contributed by atoms with Crippen LogP contribution in [-0.4, -0.2) is 18.0 Å². The number of benzene rings is 1. The number of fused-ring (bicyclic) bond motifs is 1. The number of aromatic nitrogens is 1. The molecule has 0 bridgehead atoms. The number of pyridine rings is 1. The van der Waals surface area contributed by atoms with E-state index in [0.29, 0.717) is 16.3 Å². The SMILES string of the molecule is COc1cccc2c1N(NC(=O)c1cnccc1Cl)C=CC2. The van der Waals surface area contributed by atoms with E-state index in [2.05, 4.69) is 10.4 Å². The van der Waals surface area contributed by atoms with Crippen molar-refractivity contribution < 1.29 is 9.53 Å². The molecule has 112 valence electrons. The highest BCUT2D eigenvalue weighted by atomic mass is 35.5. The number of rotatable bonds is 3. The van der Waals surface area contributed by atoms with E-state index in [9.17, 15) is 4.79 Å². The number of methoxy groups -OCH3 is 1. The summed E-state index contributed by atoms with van der Waals surface area (Å²) in [5, 5.41) is 2.00. The van der Waals surface area contributed by atoms with Gasteiger partial charge >= 0.3 is 0 Å². The topological polar surface area (TPSA) is 54.5 Å². The van der Waals surface area contributed by atoms with E-state index in [1.807, 2.05) is 24.3 Å². The fourth-order valence-electron chi connectivity index (χ4n) is 2.34. The number of ether oxygens (including phenoxy) is 1. The van der Waals surface area contributed by atoms with Crippen LogP contribution in [0.25, 0.3) is 0 Å². The Kier molecular flexibility index (Phi) is 3.98. The molecule has 0 radical (unpaired) electrons. The van der Waals surface area contributed by atoms with Crippen molar-refractivity contribution >= 4 is 23.2 Å². The summed E-state index contributed by atoms with van der Waals surface area (Å²) >= 11 is 6.03. The molecule has 0 saturated carbocycles. The molecule has 2 aromatic rings. The van der Waals surface area contributed by atoms with Crippen molar-refractivity contribution in [3.63, 3.8) is 0 Å². The van der Waals surface area contributed by atoms with Gasteiger partial charge < -0.3 is 4.74 Å². The first-order chi connectivity index (χ1) is 10.7. The maximum Gasteiger partial charge on any atom is 0.273 e. The number of hydrazine groups is 1. The molecule has 3 rings (SSSR count). The second-order valence-electron chi connectivity index (χ2n) is 4.72. The molecule has 0 saturated heterocycles. The number of carbonyl (C=O) groups is 1. The Hall–Kier alpha value is -2.53. The molecule has 0 fully saturated rings. The highest BCUT2D eigenvalue weighted by Gasteiger charge is 2.20. The smallest absolute Gasteiger partial charge is 0.273 e. The van der Waals surface area contributed by atoms with Gasteiger partial charge in [-0.05, 0) is 24.1 Å². The minimum absolute atomic E-state index is 0.319. The number of carbonyl (C=O) groups excluding carboxylic acids is 1. The summed E-state index contributed by atoms with van der Waals surface area (Å²) in [5.74, 6) is 0.362. The monoisotopic (exact) mass is 315 g/mol. The summed E-state index contributed by atoms with van der Waals surface area (Å²) in [6, 6.07) is 7.36. The average molecular weight is 316 g/mol. The van der Waals surface area contributed by atoms with Crippen molar-refractivity contribution in [3.05, 3.63) is 65.1 Å². The molecule has 0 unspecified atom stereocenters. The van der Waals surface area contributed by atoms with Crippen LogP contribution >= 0.6 is 11.6 Å². The Balaban J connectivity index is 1.91. The van der Waals surface area contributed by atoms with Crippen LogP contribution in [0.2, 0.25) is 5.02 Å². The van der Waals surface area contributed by atoms with Gasteiger partial charge in [0.25, 0.3) is 5.91 Å². The van der Waals surface area contributed by atoms with Gasteiger partial charge in [0.15, 0.2) is 0 Å². The fraction of sp³-hybridized carbons (Fsp3) is 0.125. The molecule has 0 spiro atoms. The maximum absolute atomic E-state index is 12.4. The molecular weight excluding hydrogens is 302 g/mol. The number of nitrogens with one attached hydrogen (secondary N) is 1. The minimum atomic E-state index is -0.332. The summed E-state index contributed by atoms with van der Waals surface area (Å²) < 4.78 is 5.39. The number of anilines is 1. The van der Waals surface area contributed by atoms with E-state index < -0.39 is 0 Å². The largest absolute Gasteiger partial charge is 0.494 e. The van der Waals surface area contributed by atoms with E-state index >= 15 is 0 Å². The first kappa shape index (κ1) is 14.4. The molecule has 0 aliphatic carbocycles. The van der Waals surface area contributed by atoms with Crippen LogP contribution in [-0.2, 0) is 6.42 Å². The Bertz CT molecular complexity index is 746. The van der Waals surface area contributed by atoms with Crippen LogP contribution in [0.4, 0.5) is 5.69 Å². The van der Waals surface area contributed by atoms with Crippen LogP contribution in [0.15, 0.2) is 48.9 Å². The third kappa shape index (κ3) is 2.63.